The predicted molar refractivity (Wildman–Crippen MR) is 119 cm³/mol. The molecule has 1 aromatic heterocycles. The number of alkyl halides is 3. The summed E-state index contributed by atoms with van der Waals surface area (Å²) in [6.07, 6.45) is -2.11. The third-order valence-corrected chi connectivity index (χ3v) is 6.06. The van der Waals surface area contributed by atoms with Gasteiger partial charge in [-0.1, -0.05) is 47.6 Å². The number of carbonyl (C=O) groups is 1. The molecule has 2 aromatic carbocycles. The number of carbonyl (C=O) groups excluding carboxylic acids is 1. The zero-order valence-electron chi connectivity index (χ0n) is 16.7. The Morgan fingerprint density at radius 1 is 1.16 bits per heavy atom. The van der Waals surface area contributed by atoms with Crippen LogP contribution >= 0.6 is 23.4 Å². The molecule has 0 unspecified atom stereocenters. The van der Waals surface area contributed by atoms with Crippen molar-refractivity contribution in [2.45, 2.75) is 24.3 Å². The average Bonchev–Trinajstić information content (AvgIpc) is 2.78. The Labute approximate surface area is 192 Å². The van der Waals surface area contributed by atoms with E-state index in [1.165, 1.54) is 17.2 Å². The number of halogens is 4. The normalized spacial score (nSPS) is 13.6. The molecule has 4 rings (SSSR count). The molecule has 166 valence electrons. The lowest BCUT2D eigenvalue weighted by Crippen LogP contribution is -2.31. The first-order chi connectivity index (χ1) is 15.3. The lowest BCUT2D eigenvalue weighted by atomic mass is 10.00. The summed E-state index contributed by atoms with van der Waals surface area (Å²) in [7, 11) is 0. The molecule has 0 saturated heterocycles. The van der Waals surface area contributed by atoms with E-state index in [1.807, 2.05) is 12.1 Å². The largest absolute Gasteiger partial charge is 0.418 e. The van der Waals surface area contributed by atoms with Crippen LogP contribution in [0.3, 0.4) is 0 Å². The molecule has 5 nitrogen and oxygen atoms in total. The van der Waals surface area contributed by atoms with Gasteiger partial charge < -0.3 is 10.2 Å². The van der Waals surface area contributed by atoms with E-state index in [2.05, 4.69) is 32.3 Å². The van der Waals surface area contributed by atoms with Gasteiger partial charge in [0, 0.05) is 24.3 Å². The molecule has 10 heteroatoms. The van der Waals surface area contributed by atoms with E-state index in [0.29, 0.717) is 5.16 Å². The second-order valence-corrected chi connectivity index (χ2v) is 8.54. The van der Waals surface area contributed by atoms with Gasteiger partial charge in [0.2, 0.25) is 5.91 Å². The van der Waals surface area contributed by atoms with Gasteiger partial charge in [-0.15, -0.1) is 0 Å². The van der Waals surface area contributed by atoms with Gasteiger partial charge in [-0.05, 0) is 41.8 Å². The molecule has 1 N–H and O–H groups in total. The number of fused-ring (bicyclic) bond motifs is 1. The fraction of sp³-hybridized carbons (Fsp3) is 0.227. The average molecular weight is 479 g/mol. The van der Waals surface area contributed by atoms with Gasteiger partial charge in [0.05, 0.1) is 17.0 Å². The molecule has 0 bridgehead atoms. The van der Waals surface area contributed by atoms with Crippen molar-refractivity contribution in [3.05, 3.63) is 76.4 Å². The van der Waals surface area contributed by atoms with Crippen LogP contribution < -0.4 is 10.2 Å². The number of aromatic nitrogens is 2. The molecule has 0 spiro atoms. The smallest absolute Gasteiger partial charge is 0.352 e. The number of benzene rings is 2. The molecule has 0 saturated carbocycles. The molecular formula is C22H18ClF3N4OS. The Morgan fingerprint density at radius 3 is 2.72 bits per heavy atom. The van der Waals surface area contributed by atoms with Crippen LogP contribution in [-0.4, -0.2) is 28.2 Å². The SMILES string of the molecule is O=C(CSc1nccc(N2CCc3ccccc3C2)n1)Nc1ccc(Cl)cc1C(F)(F)F. The number of nitrogens with one attached hydrogen (secondary N) is 1. The molecule has 2 heterocycles. The summed E-state index contributed by atoms with van der Waals surface area (Å²) in [5.41, 5.74) is 1.24. The van der Waals surface area contributed by atoms with Gasteiger partial charge in [0.15, 0.2) is 5.16 Å². The maximum atomic E-state index is 13.2. The molecular weight excluding hydrogens is 461 g/mol. The topological polar surface area (TPSA) is 58.1 Å². The molecule has 1 amide bonds. The monoisotopic (exact) mass is 478 g/mol. The number of amides is 1. The fourth-order valence-corrected chi connectivity index (χ4v) is 4.24. The number of anilines is 2. The van der Waals surface area contributed by atoms with Crippen molar-refractivity contribution in [3.8, 4) is 0 Å². The quantitative estimate of drug-likeness (QED) is 0.391. The van der Waals surface area contributed by atoms with Crippen molar-refractivity contribution >= 4 is 40.8 Å². The van der Waals surface area contributed by atoms with Crippen LogP contribution in [0.2, 0.25) is 5.02 Å². The third-order valence-electron chi connectivity index (χ3n) is 4.97. The molecule has 0 aliphatic carbocycles. The lowest BCUT2D eigenvalue weighted by Gasteiger charge is -2.29. The second-order valence-electron chi connectivity index (χ2n) is 7.16. The molecule has 0 radical (unpaired) electrons. The highest BCUT2D eigenvalue weighted by atomic mass is 35.5. The summed E-state index contributed by atoms with van der Waals surface area (Å²) in [6, 6.07) is 13.3. The van der Waals surface area contributed by atoms with Gasteiger partial charge in [-0.25, -0.2) is 9.97 Å². The first kappa shape index (κ1) is 22.4. The van der Waals surface area contributed by atoms with Gasteiger partial charge in [0.25, 0.3) is 0 Å². The minimum absolute atomic E-state index is 0.0600. The maximum absolute atomic E-state index is 13.2. The van der Waals surface area contributed by atoms with Crippen molar-refractivity contribution in [3.63, 3.8) is 0 Å². The van der Waals surface area contributed by atoms with Gasteiger partial charge in [-0.2, -0.15) is 13.2 Å². The van der Waals surface area contributed by atoms with E-state index in [1.54, 1.807) is 12.3 Å². The summed E-state index contributed by atoms with van der Waals surface area (Å²) in [5, 5.41) is 2.62. The van der Waals surface area contributed by atoms with E-state index in [9.17, 15) is 18.0 Å². The highest BCUT2D eigenvalue weighted by Gasteiger charge is 2.34. The Hall–Kier alpha value is -2.78. The van der Waals surface area contributed by atoms with Gasteiger partial charge in [-0.3, -0.25) is 4.79 Å². The highest BCUT2D eigenvalue weighted by molar-refractivity contribution is 7.99. The lowest BCUT2D eigenvalue weighted by molar-refractivity contribution is -0.137. The standard InChI is InChI=1S/C22H18ClF3N4OS/c23-16-5-6-18(17(11-16)22(24,25)26)28-20(31)13-32-21-27-9-7-19(29-21)30-10-8-14-3-1-2-4-15(14)12-30/h1-7,9,11H,8,10,12-13H2,(H,28,31). The van der Waals surface area contributed by atoms with Crippen molar-refractivity contribution in [1.29, 1.82) is 0 Å². The first-order valence-electron chi connectivity index (χ1n) is 9.74. The van der Waals surface area contributed by atoms with Crippen LogP contribution in [0.25, 0.3) is 0 Å². The molecule has 32 heavy (non-hydrogen) atoms. The van der Waals surface area contributed by atoms with Crippen LogP contribution in [0, 0.1) is 0 Å². The van der Waals surface area contributed by atoms with Crippen molar-refractivity contribution in [2.24, 2.45) is 0 Å². The van der Waals surface area contributed by atoms with E-state index in [4.69, 9.17) is 11.6 Å². The fourth-order valence-electron chi connectivity index (χ4n) is 3.45. The minimum atomic E-state index is -4.63. The van der Waals surface area contributed by atoms with Crippen molar-refractivity contribution in [1.82, 2.24) is 9.97 Å². The van der Waals surface area contributed by atoms with E-state index < -0.39 is 17.6 Å². The molecule has 0 fully saturated rings. The minimum Gasteiger partial charge on any atom is -0.352 e. The number of rotatable bonds is 5. The molecule has 0 atom stereocenters. The Kier molecular flexibility index (Phi) is 6.57. The second kappa shape index (κ2) is 9.38. The zero-order chi connectivity index (χ0) is 22.7. The van der Waals surface area contributed by atoms with Crippen molar-refractivity contribution < 1.29 is 18.0 Å². The number of thioether (sulfide) groups is 1. The first-order valence-corrected chi connectivity index (χ1v) is 11.1. The predicted octanol–water partition coefficient (Wildman–Crippen LogP) is 5.44. The third kappa shape index (κ3) is 5.34. The number of hydrogen-bond donors (Lipinski definition) is 1. The zero-order valence-corrected chi connectivity index (χ0v) is 18.3. The molecule has 1 aliphatic rings. The Morgan fingerprint density at radius 2 is 1.94 bits per heavy atom. The van der Waals surface area contributed by atoms with E-state index >= 15 is 0 Å². The summed E-state index contributed by atoms with van der Waals surface area (Å²) >= 11 is 6.73. The van der Waals surface area contributed by atoms with Gasteiger partial charge >= 0.3 is 6.18 Å². The van der Waals surface area contributed by atoms with Gasteiger partial charge in [0.1, 0.15) is 5.82 Å². The van der Waals surface area contributed by atoms with Crippen molar-refractivity contribution in [2.75, 3.05) is 22.5 Å². The number of hydrogen-bond acceptors (Lipinski definition) is 5. The summed E-state index contributed by atoms with van der Waals surface area (Å²) in [6.45, 7) is 1.55. The highest BCUT2D eigenvalue weighted by Crippen LogP contribution is 2.36. The maximum Gasteiger partial charge on any atom is 0.418 e. The van der Waals surface area contributed by atoms with Crippen LogP contribution in [0.4, 0.5) is 24.7 Å². The molecule has 3 aromatic rings. The van der Waals surface area contributed by atoms with Crippen LogP contribution in [-0.2, 0) is 23.9 Å². The van der Waals surface area contributed by atoms with E-state index in [-0.39, 0.29) is 16.5 Å². The van der Waals surface area contributed by atoms with Crippen LogP contribution in [0.5, 0.6) is 0 Å². The Balaban J connectivity index is 1.40. The summed E-state index contributed by atoms with van der Waals surface area (Å²) < 4.78 is 39.6. The van der Waals surface area contributed by atoms with Crippen LogP contribution in [0.1, 0.15) is 16.7 Å². The summed E-state index contributed by atoms with van der Waals surface area (Å²) in [4.78, 5) is 23.1. The van der Waals surface area contributed by atoms with E-state index in [0.717, 1.165) is 49.2 Å². The summed E-state index contributed by atoms with van der Waals surface area (Å²) in [5.74, 6) is 0.0184. The molecule has 1 aliphatic heterocycles. The number of nitrogens with zero attached hydrogens (tertiary/aromatic N) is 3. The Bertz CT molecular complexity index is 1140. The van der Waals surface area contributed by atoms with Crippen LogP contribution in [0.15, 0.2) is 59.9 Å².